The molecule has 0 radical (unpaired) electrons. The van der Waals surface area contributed by atoms with Gasteiger partial charge in [-0.05, 0) is 18.8 Å². The Morgan fingerprint density at radius 2 is 2.07 bits per heavy atom. The topological polar surface area (TPSA) is 73.2 Å². The average molecular weight is 217 g/mol. The largest absolute Gasteiger partial charge is 0.280 e. The Bertz CT molecular complexity index is 312. The third kappa shape index (κ3) is 2.94. The molecule has 0 spiro atoms. The molecule has 1 fully saturated rings. The highest BCUT2D eigenvalue weighted by molar-refractivity contribution is 7.87. The van der Waals surface area contributed by atoms with Crippen LogP contribution in [0.25, 0.3) is 0 Å². The van der Waals surface area contributed by atoms with Gasteiger partial charge in [0.05, 0.1) is 12.6 Å². The monoisotopic (exact) mass is 217 g/mol. The maximum absolute atomic E-state index is 11.5. The smallest absolute Gasteiger partial charge is 0.197 e. The second-order valence-corrected chi connectivity index (χ2v) is 5.32. The summed E-state index contributed by atoms with van der Waals surface area (Å²) in [5.41, 5.74) is 0. The van der Waals surface area contributed by atoms with Crippen LogP contribution in [0.3, 0.4) is 0 Å². The number of piperidine rings is 1. The van der Waals surface area contributed by atoms with Gasteiger partial charge < -0.3 is 0 Å². The summed E-state index contributed by atoms with van der Waals surface area (Å²) in [7, 11) is -3.41. The molecule has 0 amide bonds. The molecule has 1 saturated heterocycles. The van der Waals surface area contributed by atoms with Crippen molar-refractivity contribution in [1.29, 1.82) is 5.26 Å². The van der Waals surface area contributed by atoms with Crippen LogP contribution < -0.4 is 4.72 Å². The van der Waals surface area contributed by atoms with Gasteiger partial charge >= 0.3 is 0 Å². The molecule has 0 atom stereocenters. The minimum absolute atomic E-state index is 0.158. The number of nitrogens with zero attached hydrogens (tertiary/aromatic N) is 2. The Kier molecular flexibility index (Phi) is 3.86. The minimum atomic E-state index is -3.41. The van der Waals surface area contributed by atoms with Gasteiger partial charge in [-0.2, -0.15) is 22.7 Å². The third-order valence-electron chi connectivity index (χ3n) is 2.42. The first-order valence-electron chi connectivity index (χ1n) is 4.68. The van der Waals surface area contributed by atoms with Crippen molar-refractivity contribution in [1.82, 2.24) is 9.03 Å². The fourth-order valence-corrected chi connectivity index (χ4v) is 2.56. The molecule has 1 aliphatic heterocycles. The van der Waals surface area contributed by atoms with Gasteiger partial charge in [0.1, 0.15) is 0 Å². The number of rotatable bonds is 3. The second kappa shape index (κ2) is 4.73. The van der Waals surface area contributed by atoms with Crippen LogP contribution in [-0.2, 0) is 10.2 Å². The lowest BCUT2D eigenvalue weighted by Gasteiger charge is -2.28. The van der Waals surface area contributed by atoms with Gasteiger partial charge in [-0.15, -0.1) is 0 Å². The minimum Gasteiger partial charge on any atom is -0.197 e. The molecule has 0 saturated carbocycles. The summed E-state index contributed by atoms with van der Waals surface area (Å²) in [5, 5.41) is 8.27. The molecule has 0 unspecified atom stereocenters. The van der Waals surface area contributed by atoms with Crippen molar-refractivity contribution in [2.45, 2.75) is 19.8 Å². The summed E-state index contributed by atoms with van der Waals surface area (Å²) in [5.74, 6) is 0.595. The zero-order chi connectivity index (χ0) is 10.6. The van der Waals surface area contributed by atoms with E-state index in [9.17, 15) is 8.42 Å². The molecule has 1 rings (SSSR count). The summed E-state index contributed by atoms with van der Waals surface area (Å²) in [4.78, 5) is 0. The third-order valence-corrected chi connectivity index (χ3v) is 3.97. The predicted molar refractivity (Wildman–Crippen MR) is 52.5 cm³/mol. The Balaban J connectivity index is 2.52. The molecular formula is C8H15N3O2S. The second-order valence-electron chi connectivity index (χ2n) is 3.57. The summed E-state index contributed by atoms with van der Waals surface area (Å²) in [6, 6.07) is 1.75. The summed E-state index contributed by atoms with van der Waals surface area (Å²) >= 11 is 0. The molecule has 6 heteroatoms. The lowest BCUT2D eigenvalue weighted by Crippen LogP contribution is -2.44. The molecule has 14 heavy (non-hydrogen) atoms. The Labute approximate surface area is 84.9 Å². The van der Waals surface area contributed by atoms with Crippen molar-refractivity contribution in [2.24, 2.45) is 5.92 Å². The molecule has 1 heterocycles. The lowest BCUT2D eigenvalue weighted by atomic mass is 10.0. The van der Waals surface area contributed by atoms with E-state index in [1.54, 1.807) is 6.07 Å². The molecule has 0 aliphatic carbocycles. The maximum atomic E-state index is 11.5. The van der Waals surface area contributed by atoms with Crippen LogP contribution in [0.2, 0.25) is 0 Å². The van der Waals surface area contributed by atoms with E-state index in [0.29, 0.717) is 19.0 Å². The van der Waals surface area contributed by atoms with E-state index < -0.39 is 10.2 Å². The van der Waals surface area contributed by atoms with Crippen molar-refractivity contribution >= 4 is 10.2 Å². The molecule has 1 N–H and O–H groups in total. The van der Waals surface area contributed by atoms with Crippen molar-refractivity contribution in [2.75, 3.05) is 19.6 Å². The number of nitriles is 1. The van der Waals surface area contributed by atoms with E-state index in [-0.39, 0.29) is 6.54 Å². The van der Waals surface area contributed by atoms with Gasteiger partial charge in [-0.25, -0.2) is 0 Å². The van der Waals surface area contributed by atoms with Crippen LogP contribution in [0.1, 0.15) is 19.8 Å². The fraction of sp³-hybridized carbons (Fsp3) is 0.875. The highest BCUT2D eigenvalue weighted by atomic mass is 32.2. The standard InChI is InChI=1S/C8H15N3O2S/c1-8-2-6-11(7-3-8)14(12,13)10-5-4-9/h8,10H,2-3,5-7H2,1H3. The summed E-state index contributed by atoms with van der Waals surface area (Å²) < 4.78 is 26.7. The SMILES string of the molecule is CC1CCN(S(=O)(=O)NCC#N)CC1. The quantitative estimate of drug-likeness (QED) is 0.680. The molecule has 0 aromatic rings. The van der Waals surface area contributed by atoms with Gasteiger partial charge in [-0.3, -0.25) is 0 Å². The molecule has 80 valence electrons. The van der Waals surface area contributed by atoms with Gasteiger partial charge in [0, 0.05) is 13.1 Å². The van der Waals surface area contributed by atoms with Crippen LogP contribution in [0.4, 0.5) is 0 Å². The van der Waals surface area contributed by atoms with Crippen LogP contribution in [-0.4, -0.2) is 32.4 Å². The first-order chi connectivity index (χ1) is 6.56. The highest BCUT2D eigenvalue weighted by Gasteiger charge is 2.25. The van der Waals surface area contributed by atoms with Crippen LogP contribution in [0, 0.1) is 17.2 Å². The molecule has 1 aliphatic rings. The summed E-state index contributed by atoms with van der Waals surface area (Å²) in [6.45, 7) is 3.07. The van der Waals surface area contributed by atoms with Crippen molar-refractivity contribution in [3.63, 3.8) is 0 Å². The number of hydrogen-bond acceptors (Lipinski definition) is 3. The zero-order valence-electron chi connectivity index (χ0n) is 8.23. The number of hydrogen-bond donors (Lipinski definition) is 1. The Morgan fingerprint density at radius 1 is 1.50 bits per heavy atom. The predicted octanol–water partition coefficient (Wildman–Crippen LogP) is 0.0763. The van der Waals surface area contributed by atoms with Gasteiger partial charge in [0.2, 0.25) is 0 Å². The van der Waals surface area contributed by atoms with Crippen molar-refractivity contribution in [3.05, 3.63) is 0 Å². The average Bonchev–Trinajstić information content (AvgIpc) is 2.16. The molecular weight excluding hydrogens is 202 g/mol. The lowest BCUT2D eigenvalue weighted by molar-refractivity contribution is 0.285. The normalized spacial score (nSPS) is 20.6. The molecule has 0 bridgehead atoms. The van der Waals surface area contributed by atoms with Gasteiger partial charge in [-0.1, -0.05) is 6.92 Å². The molecule has 0 aromatic carbocycles. The van der Waals surface area contributed by atoms with Crippen molar-refractivity contribution < 1.29 is 8.42 Å². The zero-order valence-corrected chi connectivity index (χ0v) is 9.05. The van der Waals surface area contributed by atoms with Crippen molar-refractivity contribution in [3.8, 4) is 6.07 Å². The van der Waals surface area contributed by atoms with E-state index in [1.807, 2.05) is 0 Å². The first-order valence-corrected chi connectivity index (χ1v) is 6.12. The Hall–Kier alpha value is -0.640. The molecule has 0 aromatic heterocycles. The maximum Gasteiger partial charge on any atom is 0.280 e. The first kappa shape index (κ1) is 11.4. The van der Waals surface area contributed by atoms with Gasteiger partial charge in [0.25, 0.3) is 10.2 Å². The number of nitrogens with one attached hydrogen (secondary N) is 1. The Morgan fingerprint density at radius 3 is 2.57 bits per heavy atom. The van der Waals surface area contributed by atoms with Crippen LogP contribution in [0.5, 0.6) is 0 Å². The van der Waals surface area contributed by atoms with E-state index in [0.717, 1.165) is 12.8 Å². The van der Waals surface area contributed by atoms with E-state index >= 15 is 0 Å². The fourth-order valence-electron chi connectivity index (χ4n) is 1.44. The van der Waals surface area contributed by atoms with E-state index in [1.165, 1.54) is 4.31 Å². The summed E-state index contributed by atoms with van der Waals surface area (Å²) in [6.07, 6.45) is 1.79. The van der Waals surface area contributed by atoms with E-state index in [4.69, 9.17) is 5.26 Å². The van der Waals surface area contributed by atoms with Crippen LogP contribution >= 0.6 is 0 Å². The molecule has 5 nitrogen and oxygen atoms in total. The van der Waals surface area contributed by atoms with Gasteiger partial charge in [0.15, 0.2) is 0 Å². The van der Waals surface area contributed by atoms with E-state index in [2.05, 4.69) is 11.6 Å². The van der Waals surface area contributed by atoms with Crippen LogP contribution in [0.15, 0.2) is 0 Å². The highest BCUT2D eigenvalue weighted by Crippen LogP contribution is 2.17.